The van der Waals surface area contributed by atoms with E-state index < -0.39 is 0 Å². The quantitative estimate of drug-likeness (QED) is 0.511. The van der Waals surface area contributed by atoms with Gasteiger partial charge < -0.3 is 19.5 Å². The molecule has 7 heteroatoms. The average Bonchev–Trinajstić information content (AvgIpc) is 3.03. The van der Waals surface area contributed by atoms with Crippen molar-refractivity contribution in [1.29, 1.82) is 0 Å². The van der Waals surface area contributed by atoms with Crippen molar-refractivity contribution in [3.05, 3.63) is 48.0 Å². The Bertz CT molecular complexity index is 749. The summed E-state index contributed by atoms with van der Waals surface area (Å²) >= 11 is 5.20. The maximum atomic E-state index is 5.31. The number of hydrogen-bond acceptors (Lipinski definition) is 5. The predicted octanol–water partition coefficient (Wildman–Crippen LogP) is 2.74. The van der Waals surface area contributed by atoms with Gasteiger partial charge in [0.2, 0.25) is 6.79 Å². The van der Waals surface area contributed by atoms with Gasteiger partial charge in [0.25, 0.3) is 0 Å². The molecule has 3 rings (SSSR count). The van der Waals surface area contributed by atoms with Gasteiger partial charge in [0.1, 0.15) is 5.75 Å². The van der Waals surface area contributed by atoms with Gasteiger partial charge in [-0.2, -0.15) is 5.10 Å². The van der Waals surface area contributed by atoms with Gasteiger partial charge in [-0.3, -0.25) is 5.43 Å². The van der Waals surface area contributed by atoms with Crippen molar-refractivity contribution in [2.75, 3.05) is 19.2 Å². The van der Waals surface area contributed by atoms with Crippen molar-refractivity contribution in [2.24, 2.45) is 5.10 Å². The van der Waals surface area contributed by atoms with Gasteiger partial charge in [0.05, 0.1) is 19.0 Å². The number of hydrazone groups is 1. The second-order valence-electron chi connectivity index (χ2n) is 4.64. The van der Waals surface area contributed by atoms with Crippen LogP contribution in [0, 0.1) is 0 Å². The summed E-state index contributed by atoms with van der Waals surface area (Å²) in [4.78, 5) is 0. The van der Waals surface area contributed by atoms with Crippen LogP contribution < -0.4 is 25.0 Å². The number of anilines is 1. The highest BCUT2D eigenvalue weighted by Crippen LogP contribution is 2.31. The molecule has 0 aliphatic carbocycles. The lowest BCUT2D eigenvalue weighted by Gasteiger charge is -2.10. The summed E-state index contributed by atoms with van der Waals surface area (Å²) < 4.78 is 15.8. The molecule has 2 aromatic rings. The Morgan fingerprint density at radius 1 is 1.22 bits per heavy atom. The van der Waals surface area contributed by atoms with E-state index in [4.69, 9.17) is 26.4 Å². The fourth-order valence-corrected chi connectivity index (χ4v) is 2.22. The maximum Gasteiger partial charge on any atom is 0.231 e. The zero-order chi connectivity index (χ0) is 16.1. The summed E-state index contributed by atoms with van der Waals surface area (Å²) in [5.74, 6) is 2.16. The van der Waals surface area contributed by atoms with Gasteiger partial charge in [-0.1, -0.05) is 12.1 Å². The topological polar surface area (TPSA) is 64.1 Å². The largest absolute Gasteiger partial charge is 0.495 e. The number of fused-ring (bicyclic) bond motifs is 1. The molecule has 0 bridgehead atoms. The Morgan fingerprint density at radius 2 is 2.04 bits per heavy atom. The predicted molar refractivity (Wildman–Crippen MR) is 92.5 cm³/mol. The number of benzene rings is 2. The van der Waals surface area contributed by atoms with Crippen LogP contribution in [0.1, 0.15) is 5.56 Å². The number of ether oxygens (including phenoxy) is 3. The molecule has 118 valence electrons. The van der Waals surface area contributed by atoms with Crippen LogP contribution in [-0.2, 0) is 0 Å². The van der Waals surface area contributed by atoms with Crippen LogP contribution in [0.5, 0.6) is 17.2 Å². The van der Waals surface area contributed by atoms with Crippen LogP contribution in [0.4, 0.5) is 5.69 Å². The van der Waals surface area contributed by atoms with Gasteiger partial charge in [0.15, 0.2) is 16.6 Å². The van der Waals surface area contributed by atoms with Gasteiger partial charge in [-0.05, 0) is 48.1 Å². The summed E-state index contributed by atoms with van der Waals surface area (Å²) in [6.07, 6.45) is 1.65. The first-order chi connectivity index (χ1) is 11.3. The summed E-state index contributed by atoms with van der Waals surface area (Å²) in [7, 11) is 1.61. The fraction of sp³-hybridized carbons (Fsp3) is 0.125. The van der Waals surface area contributed by atoms with E-state index in [0.717, 1.165) is 17.0 Å². The van der Waals surface area contributed by atoms with Crippen molar-refractivity contribution in [2.45, 2.75) is 0 Å². The first-order valence-electron chi connectivity index (χ1n) is 6.89. The Balaban J connectivity index is 1.58. The molecule has 1 aliphatic rings. The maximum absolute atomic E-state index is 5.31. The highest BCUT2D eigenvalue weighted by molar-refractivity contribution is 7.80. The third-order valence-corrected chi connectivity index (χ3v) is 3.32. The zero-order valence-electron chi connectivity index (χ0n) is 12.4. The van der Waals surface area contributed by atoms with Crippen LogP contribution in [0.25, 0.3) is 0 Å². The van der Waals surface area contributed by atoms with Crippen molar-refractivity contribution in [1.82, 2.24) is 5.43 Å². The van der Waals surface area contributed by atoms with Crippen LogP contribution in [-0.4, -0.2) is 25.2 Å². The molecular formula is C16H15N3O3S. The van der Waals surface area contributed by atoms with Crippen LogP contribution in [0.3, 0.4) is 0 Å². The number of nitrogens with one attached hydrogen (secondary N) is 2. The molecule has 0 unspecified atom stereocenters. The second kappa shape index (κ2) is 6.97. The van der Waals surface area contributed by atoms with E-state index in [2.05, 4.69) is 15.8 Å². The summed E-state index contributed by atoms with van der Waals surface area (Å²) in [6, 6.07) is 13.1. The van der Waals surface area contributed by atoms with E-state index in [9.17, 15) is 0 Å². The SMILES string of the molecule is COc1ccccc1NC(=S)NN=Cc1ccc2c(c1)OCO2. The standard InChI is InChI=1S/C16H15N3O3S/c1-20-13-5-3-2-4-12(13)18-16(23)19-17-9-11-6-7-14-15(8-11)22-10-21-14/h2-9H,10H2,1H3,(H2,18,19,23). The summed E-state index contributed by atoms with van der Waals surface area (Å²) in [5.41, 5.74) is 4.41. The van der Waals surface area contributed by atoms with Crippen molar-refractivity contribution < 1.29 is 14.2 Å². The van der Waals surface area contributed by atoms with E-state index in [-0.39, 0.29) is 6.79 Å². The van der Waals surface area contributed by atoms with E-state index in [0.29, 0.717) is 16.6 Å². The van der Waals surface area contributed by atoms with Crippen molar-refractivity contribution >= 4 is 29.2 Å². The molecule has 23 heavy (non-hydrogen) atoms. The highest BCUT2D eigenvalue weighted by atomic mass is 32.1. The second-order valence-corrected chi connectivity index (χ2v) is 5.05. The Hall–Kier alpha value is -2.80. The number of thiocarbonyl (C=S) groups is 1. The minimum Gasteiger partial charge on any atom is -0.495 e. The molecule has 2 aromatic carbocycles. The molecule has 0 radical (unpaired) electrons. The zero-order valence-corrected chi connectivity index (χ0v) is 13.2. The molecule has 0 spiro atoms. The monoisotopic (exact) mass is 329 g/mol. The van der Waals surface area contributed by atoms with E-state index >= 15 is 0 Å². The number of methoxy groups -OCH3 is 1. The number of rotatable bonds is 4. The molecule has 0 amide bonds. The van der Waals surface area contributed by atoms with E-state index in [1.165, 1.54) is 0 Å². The lowest BCUT2D eigenvalue weighted by molar-refractivity contribution is 0.174. The minimum absolute atomic E-state index is 0.251. The Labute approximate surface area is 139 Å². The summed E-state index contributed by atoms with van der Waals surface area (Å²) in [5, 5.41) is 7.50. The van der Waals surface area contributed by atoms with Crippen molar-refractivity contribution in [3.63, 3.8) is 0 Å². The third kappa shape index (κ3) is 3.70. The number of nitrogens with zero attached hydrogens (tertiary/aromatic N) is 1. The average molecular weight is 329 g/mol. The molecule has 0 fully saturated rings. The van der Waals surface area contributed by atoms with Crippen LogP contribution in [0.15, 0.2) is 47.6 Å². The lowest BCUT2D eigenvalue weighted by Crippen LogP contribution is -2.24. The first-order valence-corrected chi connectivity index (χ1v) is 7.30. The Kier molecular flexibility index (Phi) is 4.58. The molecule has 0 saturated heterocycles. The molecule has 2 N–H and O–H groups in total. The smallest absolute Gasteiger partial charge is 0.231 e. The van der Waals surface area contributed by atoms with Gasteiger partial charge in [-0.25, -0.2) is 0 Å². The van der Waals surface area contributed by atoms with Gasteiger partial charge >= 0.3 is 0 Å². The fourth-order valence-electron chi connectivity index (χ4n) is 2.06. The van der Waals surface area contributed by atoms with Gasteiger partial charge in [0, 0.05) is 0 Å². The number of hydrogen-bond donors (Lipinski definition) is 2. The molecule has 0 atom stereocenters. The highest BCUT2D eigenvalue weighted by Gasteiger charge is 2.12. The lowest BCUT2D eigenvalue weighted by atomic mass is 10.2. The molecule has 0 saturated carbocycles. The van der Waals surface area contributed by atoms with E-state index in [1.54, 1.807) is 13.3 Å². The van der Waals surface area contributed by atoms with Gasteiger partial charge in [-0.15, -0.1) is 0 Å². The van der Waals surface area contributed by atoms with Crippen LogP contribution >= 0.6 is 12.2 Å². The Morgan fingerprint density at radius 3 is 2.91 bits per heavy atom. The number of para-hydroxylation sites is 2. The third-order valence-electron chi connectivity index (χ3n) is 3.13. The van der Waals surface area contributed by atoms with E-state index in [1.807, 2.05) is 42.5 Å². The summed E-state index contributed by atoms with van der Waals surface area (Å²) in [6.45, 7) is 0.251. The van der Waals surface area contributed by atoms with Crippen LogP contribution in [0.2, 0.25) is 0 Å². The molecule has 1 aliphatic heterocycles. The molecule has 6 nitrogen and oxygen atoms in total. The minimum atomic E-state index is 0.251. The first kappa shape index (κ1) is 15.1. The normalized spacial score (nSPS) is 12.2. The molecular weight excluding hydrogens is 314 g/mol. The molecule has 0 aromatic heterocycles. The van der Waals surface area contributed by atoms with Crippen molar-refractivity contribution in [3.8, 4) is 17.2 Å². The molecule has 1 heterocycles.